The molecule has 1 aromatic carbocycles. The van der Waals surface area contributed by atoms with Crippen molar-refractivity contribution in [1.82, 2.24) is 9.97 Å². The van der Waals surface area contributed by atoms with Crippen LogP contribution in [-0.2, 0) is 4.84 Å². The first-order valence-corrected chi connectivity index (χ1v) is 6.04. The van der Waals surface area contributed by atoms with E-state index in [1.165, 1.54) is 6.33 Å². The fourth-order valence-corrected chi connectivity index (χ4v) is 2.39. The monoisotopic (exact) mass is 253 g/mol. The number of hydrogen-bond acceptors (Lipinski definition) is 6. The molecule has 6 heteroatoms. The third-order valence-corrected chi connectivity index (χ3v) is 3.25. The van der Waals surface area contributed by atoms with Gasteiger partial charge in [-0.15, -0.1) is 0 Å². The number of rotatable bonds is 0. The molecule has 94 valence electrons. The standard InChI is InChI=1S/C13H11N5O/c1-8-18-11-5-3-2-4-10(11)16-12-9(6-14-7-15-12)13(18)17-19-8/h2-8H,1H3,(H,14,15,16). The van der Waals surface area contributed by atoms with Gasteiger partial charge in [-0.1, -0.05) is 17.3 Å². The predicted molar refractivity (Wildman–Crippen MR) is 71.3 cm³/mol. The summed E-state index contributed by atoms with van der Waals surface area (Å²) in [5.74, 6) is 1.47. The van der Waals surface area contributed by atoms with Crippen LogP contribution in [0.25, 0.3) is 0 Å². The fraction of sp³-hybridized carbons (Fsp3) is 0.154. The van der Waals surface area contributed by atoms with E-state index in [0.29, 0.717) is 0 Å². The van der Waals surface area contributed by atoms with Gasteiger partial charge in [0.1, 0.15) is 12.1 Å². The molecule has 6 nitrogen and oxygen atoms in total. The molecule has 0 bridgehead atoms. The van der Waals surface area contributed by atoms with Gasteiger partial charge in [0.15, 0.2) is 5.84 Å². The maximum atomic E-state index is 5.40. The van der Waals surface area contributed by atoms with E-state index < -0.39 is 0 Å². The minimum atomic E-state index is -0.149. The Labute approximate surface area is 109 Å². The number of anilines is 3. The Morgan fingerprint density at radius 1 is 1.32 bits per heavy atom. The molecule has 0 saturated carbocycles. The number of fused-ring (bicyclic) bond motifs is 5. The number of benzene rings is 1. The molecule has 3 heterocycles. The van der Waals surface area contributed by atoms with Gasteiger partial charge in [0.05, 0.1) is 16.9 Å². The number of aromatic nitrogens is 2. The summed E-state index contributed by atoms with van der Waals surface area (Å²) in [5, 5.41) is 7.48. The van der Waals surface area contributed by atoms with Crippen LogP contribution in [0.1, 0.15) is 12.5 Å². The molecule has 1 N–H and O–H groups in total. The average Bonchev–Trinajstić information content (AvgIpc) is 2.75. The average molecular weight is 253 g/mol. The SMILES string of the molecule is CC1ON=C2c3cncnc3Nc3ccccc3N21. The molecule has 0 saturated heterocycles. The van der Waals surface area contributed by atoms with E-state index in [2.05, 4.69) is 20.4 Å². The van der Waals surface area contributed by atoms with Crippen LogP contribution in [0.2, 0.25) is 0 Å². The Balaban J connectivity index is 2.00. The highest BCUT2D eigenvalue weighted by Gasteiger charge is 2.34. The normalized spacial score (nSPS) is 19.3. The summed E-state index contributed by atoms with van der Waals surface area (Å²) in [6.07, 6.45) is 3.11. The molecule has 0 fully saturated rings. The molecule has 4 rings (SSSR count). The molecule has 2 aliphatic heterocycles. The molecule has 1 unspecified atom stereocenters. The van der Waals surface area contributed by atoms with Gasteiger partial charge in [-0.25, -0.2) is 9.97 Å². The van der Waals surface area contributed by atoms with Gasteiger partial charge in [0.2, 0.25) is 6.23 Å². The van der Waals surface area contributed by atoms with E-state index in [9.17, 15) is 0 Å². The minimum absolute atomic E-state index is 0.149. The van der Waals surface area contributed by atoms with Gasteiger partial charge in [-0.3, -0.25) is 4.90 Å². The largest absolute Gasteiger partial charge is 0.368 e. The smallest absolute Gasteiger partial charge is 0.202 e. The van der Waals surface area contributed by atoms with E-state index in [1.807, 2.05) is 36.1 Å². The van der Waals surface area contributed by atoms with Crippen molar-refractivity contribution in [3.05, 3.63) is 42.4 Å². The molecular weight excluding hydrogens is 242 g/mol. The van der Waals surface area contributed by atoms with E-state index in [-0.39, 0.29) is 6.23 Å². The molecule has 0 amide bonds. The summed E-state index contributed by atoms with van der Waals surface area (Å²) in [4.78, 5) is 15.8. The third-order valence-electron chi connectivity index (χ3n) is 3.25. The van der Waals surface area contributed by atoms with Gasteiger partial charge in [0, 0.05) is 6.20 Å². The zero-order valence-corrected chi connectivity index (χ0v) is 10.2. The number of nitrogens with zero attached hydrogens (tertiary/aromatic N) is 4. The van der Waals surface area contributed by atoms with Crippen molar-refractivity contribution >= 4 is 23.0 Å². The van der Waals surface area contributed by atoms with Crippen LogP contribution in [0.15, 0.2) is 41.9 Å². The van der Waals surface area contributed by atoms with Gasteiger partial charge in [0.25, 0.3) is 0 Å². The highest BCUT2D eigenvalue weighted by atomic mass is 16.7. The molecule has 19 heavy (non-hydrogen) atoms. The first-order chi connectivity index (χ1) is 9.34. The van der Waals surface area contributed by atoms with Gasteiger partial charge < -0.3 is 10.2 Å². The Morgan fingerprint density at radius 2 is 2.21 bits per heavy atom. The minimum Gasteiger partial charge on any atom is -0.368 e. The zero-order chi connectivity index (χ0) is 12.8. The molecule has 0 radical (unpaired) electrons. The third kappa shape index (κ3) is 1.40. The lowest BCUT2D eigenvalue weighted by atomic mass is 10.2. The Hall–Kier alpha value is -2.63. The lowest BCUT2D eigenvalue weighted by Gasteiger charge is -2.22. The van der Waals surface area contributed by atoms with Crippen LogP contribution in [0.3, 0.4) is 0 Å². The summed E-state index contributed by atoms with van der Waals surface area (Å²) in [5.41, 5.74) is 2.83. The number of oxime groups is 1. The molecule has 2 aliphatic rings. The second-order valence-corrected chi connectivity index (χ2v) is 4.42. The van der Waals surface area contributed by atoms with E-state index in [4.69, 9.17) is 4.84 Å². The lowest BCUT2D eigenvalue weighted by molar-refractivity contribution is 0.101. The van der Waals surface area contributed by atoms with Crippen molar-refractivity contribution in [2.24, 2.45) is 5.16 Å². The van der Waals surface area contributed by atoms with Crippen molar-refractivity contribution in [2.45, 2.75) is 13.2 Å². The van der Waals surface area contributed by atoms with Crippen molar-refractivity contribution in [1.29, 1.82) is 0 Å². The Kier molecular flexibility index (Phi) is 2.00. The lowest BCUT2D eigenvalue weighted by Crippen LogP contribution is -2.34. The zero-order valence-electron chi connectivity index (χ0n) is 10.2. The van der Waals surface area contributed by atoms with Crippen LogP contribution in [0.4, 0.5) is 17.2 Å². The number of amidine groups is 1. The number of hydrogen-bond donors (Lipinski definition) is 1. The Bertz CT molecular complexity index is 684. The molecule has 1 aromatic heterocycles. The van der Waals surface area contributed by atoms with Crippen LogP contribution >= 0.6 is 0 Å². The van der Waals surface area contributed by atoms with Crippen molar-refractivity contribution < 1.29 is 4.84 Å². The van der Waals surface area contributed by atoms with Gasteiger partial charge in [-0.05, 0) is 19.1 Å². The molecule has 2 aromatic rings. The Morgan fingerprint density at radius 3 is 3.16 bits per heavy atom. The topological polar surface area (TPSA) is 62.6 Å². The summed E-state index contributed by atoms with van der Waals surface area (Å²) in [6, 6.07) is 8.01. The molecule has 0 aliphatic carbocycles. The quantitative estimate of drug-likeness (QED) is 0.778. The van der Waals surface area contributed by atoms with Crippen molar-refractivity contribution in [3.63, 3.8) is 0 Å². The summed E-state index contributed by atoms with van der Waals surface area (Å²) < 4.78 is 0. The first-order valence-electron chi connectivity index (χ1n) is 6.04. The van der Waals surface area contributed by atoms with E-state index in [0.717, 1.165) is 28.6 Å². The van der Waals surface area contributed by atoms with E-state index in [1.54, 1.807) is 6.20 Å². The van der Waals surface area contributed by atoms with Crippen molar-refractivity contribution in [3.8, 4) is 0 Å². The van der Waals surface area contributed by atoms with Crippen LogP contribution in [-0.4, -0.2) is 22.0 Å². The highest BCUT2D eigenvalue weighted by molar-refractivity contribution is 6.16. The van der Waals surface area contributed by atoms with Crippen LogP contribution in [0.5, 0.6) is 0 Å². The van der Waals surface area contributed by atoms with E-state index >= 15 is 0 Å². The maximum Gasteiger partial charge on any atom is 0.202 e. The molecule has 0 spiro atoms. The fourth-order valence-electron chi connectivity index (χ4n) is 2.39. The molecular formula is C13H11N5O. The van der Waals surface area contributed by atoms with Gasteiger partial charge >= 0.3 is 0 Å². The first kappa shape index (κ1) is 10.3. The van der Waals surface area contributed by atoms with Gasteiger partial charge in [-0.2, -0.15) is 0 Å². The molecule has 1 atom stereocenters. The summed E-state index contributed by atoms with van der Waals surface area (Å²) >= 11 is 0. The highest BCUT2D eigenvalue weighted by Crippen LogP contribution is 2.37. The number of para-hydroxylation sites is 2. The second-order valence-electron chi connectivity index (χ2n) is 4.42. The van der Waals surface area contributed by atoms with Crippen LogP contribution in [0, 0.1) is 0 Å². The predicted octanol–water partition coefficient (Wildman–Crippen LogP) is 2.08. The summed E-state index contributed by atoms with van der Waals surface area (Å²) in [6.45, 7) is 1.96. The second kappa shape index (κ2) is 3.68. The maximum absolute atomic E-state index is 5.40. The number of nitrogens with one attached hydrogen (secondary N) is 1. The summed E-state index contributed by atoms with van der Waals surface area (Å²) in [7, 11) is 0. The van der Waals surface area contributed by atoms with Crippen molar-refractivity contribution in [2.75, 3.05) is 10.2 Å². The van der Waals surface area contributed by atoms with Crippen LogP contribution < -0.4 is 10.2 Å².